The topological polar surface area (TPSA) is 84.2 Å². The Balaban J connectivity index is 1.80. The molecule has 2 N–H and O–H groups in total. The van der Waals surface area contributed by atoms with Crippen LogP contribution in [0.25, 0.3) is 11.0 Å². The number of rotatable bonds is 8. The van der Waals surface area contributed by atoms with E-state index in [2.05, 4.69) is 17.2 Å². The molecular formula is C27H41N3O3. The molecule has 1 fully saturated rings. The average Bonchev–Trinajstić information content (AvgIpc) is 2.84. The van der Waals surface area contributed by atoms with Crippen molar-refractivity contribution in [1.82, 2.24) is 14.9 Å². The first-order chi connectivity index (χ1) is 16.0. The number of carboxylic acids is 1. The second-order valence-corrected chi connectivity index (χ2v) is 9.77. The maximum absolute atomic E-state index is 13.1. The van der Waals surface area contributed by atoms with Crippen molar-refractivity contribution in [2.75, 3.05) is 0 Å². The van der Waals surface area contributed by atoms with E-state index in [0.29, 0.717) is 23.1 Å². The predicted octanol–water partition coefficient (Wildman–Crippen LogP) is 6.09. The lowest BCUT2D eigenvalue weighted by Crippen LogP contribution is -2.41. The third kappa shape index (κ3) is 7.13. The molecule has 6 heteroatoms. The molecule has 6 nitrogen and oxygen atoms in total. The summed E-state index contributed by atoms with van der Waals surface area (Å²) < 4.78 is 1.65. The molecule has 1 aromatic carbocycles. The van der Waals surface area contributed by atoms with Gasteiger partial charge in [-0.05, 0) is 44.7 Å². The summed E-state index contributed by atoms with van der Waals surface area (Å²) in [5.41, 5.74) is 0.331. The number of carbonyl (C=O) groups is 1. The van der Waals surface area contributed by atoms with E-state index in [4.69, 9.17) is 0 Å². The Morgan fingerprint density at radius 3 is 2.30 bits per heavy atom. The number of nitrogens with zero attached hydrogens (tertiary/aromatic N) is 2. The van der Waals surface area contributed by atoms with Gasteiger partial charge in [-0.15, -0.1) is 0 Å². The molecule has 182 valence electrons. The highest BCUT2D eigenvalue weighted by Gasteiger charge is 2.23. The highest BCUT2D eigenvalue weighted by Crippen LogP contribution is 2.23. The van der Waals surface area contributed by atoms with Gasteiger partial charge < -0.3 is 15.0 Å². The number of fused-ring (bicyclic) bond motifs is 1. The Kier molecular flexibility index (Phi) is 9.92. The standard InChI is InChI=1S/C27H41N3O3/c1-3-14-22(28-21-15-10-8-6-4-5-7-9-11-16-21)19-20(2)30-24-18-13-12-17-23(24)29-25(26(30)31)27(32)33/h12-13,17-18,20-22,28H,3-11,14-16,19H2,1-2H3,(H,32,33). The third-order valence-electron chi connectivity index (χ3n) is 7.03. The number of para-hydroxylation sites is 2. The smallest absolute Gasteiger partial charge is 0.360 e. The Bertz CT molecular complexity index is 943. The van der Waals surface area contributed by atoms with E-state index in [-0.39, 0.29) is 6.04 Å². The van der Waals surface area contributed by atoms with Crippen molar-refractivity contribution in [3.8, 4) is 0 Å². The summed E-state index contributed by atoms with van der Waals surface area (Å²) in [6, 6.07) is 8.02. The molecule has 0 amide bonds. The van der Waals surface area contributed by atoms with Gasteiger partial charge in [0.05, 0.1) is 11.0 Å². The van der Waals surface area contributed by atoms with Gasteiger partial charge in [-0.2, -0.15) is 0 Å². The number of hydrogen-bond acceptors (Lipinski definition) is 4. The van der Waals surface area contributed by atoms with Crippen molar-refractivity contribution in [2.24, 2.45) is 0 Å². The number of nitrogens with one attached hydrogen (secondary N) is 1. The molecule has 1 saturated carbocycles. The maximum atomic E-state index is 13.1. The van der Waals surface area contributed by atoms with E-state index in [9.17, 15) is 14.7 Å². The second kappa shape index (κ2) is 12.9. The number of carboxylic acid groups (broad SMARTS) is 1. The zero-order chi connectivity index (χ0) is 23.6. The van der Waals surface area contributed by atoms with Crippen LogP contribution in [0.2, 0.25) is 0 Å². The van der Waals surface area contributed by atoms with Crippen molar-refractivity contribution in [2.45, 2.75) is 115 Å². The van der Waals surface area contributed by atoms with Crippen LogP contribution in [-0.4, -0.2) is 32.7 Å². The van der Waals surface area contributed by atoms with Crippen molar-refractivity contribution in [3.05, 3.63) is 40.3 Å². The zero-order valence-corrected chi connectivity index (χ0v) is 20.4. The number of benzene rings is 1. The summed E-state index contributed by atoms with van der Waals surface area (Å²) >= 11 is 0. The van der Waals surface area contributed by atoms with Crippen LogP contribution in [0.1, 0.15) is 114 Å². The van der Waals surface area contributed by atoms with Crippen molar-refractivity contribution >= 4 is 17.0 Å². The minimum Gasteiger partial charge on any atom is -0.476 e. The molecule has 0 bridgehead atoms. The van der Waals surface area contributed by atoms with Gasteiger partial charge in [0.2, 0.25) is 5.69 Å². The van der Waals surface area contributed by atoms with Crippen LogP contribution >= 0.6 is 0 Å². The minimum absolute atomic E-state index is 0.129. The summed E-state index contributed by atoms with van der Waals surface area (Å²) in [5, 5.41) is 13.5. The Morgan fingerprint density at radius 1 is 1.09 bits per heavy atom. The fourth-order valence-electron chi connectivity index (χ4n) is 5.35. The van der Waals surface area contributed by atoms with E-state index in [1.807, 2.05) is 25.1 Å². The van der Waals surface area contributed by atoms with Crippen molar-refractivity contribution in [3.63, 3.8) is 0 Å². The van der Waals surface area contributed by atoms with Crippen LogP contribution in [0, 0.1) is 0 Å². The van der Waals surface area contributed by atoms with E-state index in [0.717, 1.165) is 19.3 Å². The first kappa shape index (κ1) is 25.4. The summed E-state index contributed by atoms with van der Waals surface area (Å²) in [6.45, 7) is 4.23. The Labute approximate surface area is 197 Å². The zero-order valence-electron chi connectivity index (χ0n) is 20.4. The van der Waals surface area contributed by atoms with Gasteiger partial charge in [0.1, 0.15) is 0 Å². The van der Waals surface area contributed by atoms with E-state index in [1.165, 1.54) is 64.2 Å². The molecule has 1 aliphatic carbocycles. The molecular weight excluding hydrogens is 414 g/mol. The predicted molar refractivity (Wildman–Crippen MR) is 134 cm³/mol. The molecule has 1 heterocycles. The van der Waals surface area contributed by atoms with Crippen molar-refractivity contribution in [1.29, 1.82) is 0 Å². The lowest BCUT2D eigenvalue weighted by atomic mass is 9.97. The molecule has 2 atom stereocenters. The molecule has 0 saturated heterocycles. The molecule has 3 rings (SSSR count). The molecule has 1 aliphatic rings. The quantitative estimate of drug-likeness (QED) is 0.503. The fraction of sp³-hybridized carbons (Fsp3) is 0.667. The summed E-state index contributed by atoms with van der Waals surface area (Å²) in [7, 11) is 0. The highest BCUT2D eigenvalue weighted by molar-refractivity contribution is 5.88. The molecule has 2 aromatic rings. The number of aromatic nitrogens is 2. The van der Waals surface area contributed by atoms with Gasteiger partial charge in [-0.3, -0.25) is 4.79 Å². The first-order valence-corrected chi connectivity index (χ1v) is 13.0. The van der Waals surface area contributed by atoms with E-state index in [1.54, 1.807) is 10.6 Å². The normalized spacial score (nSPS) is 18.5. The molecule has 2 unspecified atom stereocenters. The molecule has 0 aliphatic heterocycles. The molecule has 1 aromatic heterocycles. The largest absolute Gasteiger partial charge is 0.476 e. The van der Waals surface area contributed by atoms with Crippen LogP contribution in [0.5, 0.6) is 0 Å². The fourth-order valence-corrected chi connectivity index (χ4v) is 5.35. The van der Waals surface area contributed by atoms with Gasteiger partial charge >= 0.3 is 5.97 Å². The second-order valence-electron chi connectivity index (χ2n) is 9.77. The highest BCUT2D eigenvalue weighted by atomic mass is 16.4. The minimum atomic E-state index is -1.27. The van der Waals surface area contributed by atoms with Gasteiger partial charge in [0.15, 0.2) is 0 Å². The van der Waals surface area contributed by atoms with Gasteiger partial charge in [-0.25, -0.2) is 9.78 Å². The molecule has 0 radical (unpaired) electrons. The SMILES string of the molecule is CCCC(CC(C)n1c(=O)c(C(=O)O)nc2ccccc21)NC1CCCCCCCCCC1. The lowest BCUT2D eigenvalue weighted by Gasteiger charge is -2.29. The summed E-state index contributed by atoms with van der Waals surface area (Å²) in [5.74, 6) is -1.27. The number of aromatic carboxylic acids is 1. The summed E-state index contributed by atoms with van der Waals surface area (Å²) in [4.78, 5) is 28.9. The van der Waals surface area contributed by atoms with Crippen molar-refractivity contribution < 1.29 is 9.90 Å². The number of hydrogen-bond donors (Lipinski definition) is 2. The van der Waals surface area contributed by atoms with Gasteiger partial charge in [0.25, 0.3) is 5.56 Å². The van der Waals surface area contributed by atoms with Crippen LogP contribution in [0.4, 0.5) is 0 Å². The van der Waals surface area contributed by atoms with Gasteiger partial charge in [-0.1, -0.05) is 76.8 Å². The van der Waals surface area contributed by atoms with Crippen LogP contribution < -0.4 is 10.9 Å². The summed E-state index contributed by atoms with van der Waals surface area (Å²) in [6.07, 6.45) is 16.0. The van der Waals surface area contributed by atoms with Crippen LogP contribution in [0.15, 0.2) is 29.1 Å². The van der Waals surface area contributed by atoms with Crippen LogP contribution in [-0.2, 0) is 0 Å². The molecule has 33 heavy (non-hydrogen) atoms. The lowest BCUT2D eigenvalue weighted by molar-refractivity contribution is 0.0688. The monoisotopic (exact) mass is 455 g/mol. The maximum Gasteiger partial charge on any atom is 0.360 e. The molecule has 0 spiro atoms. The Hall–Kier alpha value is -2.21. The third-order valence-corrected chi connectivity index (χ3v) is 7.03. The van der Waals surface area contributed by atoms with E-state index < -0.39 is 17.2 Å². The average molecular weight is 456 g/mol. The van der Waals surface area contributed by atoms with Crippen LogP contribution in [0.3, 0.4) is 0 Å². The Morgan fingerprint density at radius 2 is 1.70 bits per heavy atom. The first-order valence-electron chi connectivity index (χ1n) is 13.0. The van der Waals surface area contributed by atoms with Gasteiger partial charge in [0, 0.05) is 18.1 Å². The van der Waals surface area contributed by atoms with E-state index >= 15 is 0 Å².